The molecule has 0 aliphatic carbocycles. The Balaban J connectivity index is 2.19. The first-order valence-corrected chi connectivity index (χ1v) is 10.1. The van der Waals surface area contributed by atoms with Crippen LogP contribution in [-0.2, 0) is 14.8 Å². The first kappa shape index (κ1) is 20.0. The number of carbonyl (C=O) groups excluding carboxylic acids is 2. The highest BCUT2D eigenvalue weighted by atomic mass is 32.2. The second kappa shape index (κ2) is 8.37. The van der Waals surface area contributed by atoms with E-state index in [2.05, 4.69) is 0 Å². The average Bonchev–Trinajstić information content (AvgIpc) is 2.65. The zero-order valence-corrected chi connectivity index (χ0v) is 16.3. The SMILES string of the molecule is COc1ccc(S(=O)(=O)N(C)c2ccc(C(=O)CSC(C)=O)cc2)cc1. The number of carbonyl (C=O) groups is 2. The van der Waals surface area contributed by atoms with Crippen LogP contribution in [0.3, 0.4) is 0 Å². The zero-order chi connectivity index (χ0) is 19.3. The molecule has 2 aromatic rings. The summed E-state index contributed by atoms with van der Waals surface area (Å²) in [7, 11) is -0.774. The molecular weight excluding hydrogens is 374 g/mol. The van der Waals surface area contributed by atoms with Crippen molar-refractivity contribution in [2.24, 2.45) is 0 Å². The molecule has 0 fully saturated rings. The summed E-state index contributed by atoms with van der Waals surface area (Å²) in [6.07, 6.45) is 0. The predicted octanol–water partition coefficient (Wildman–Crippen LogP) is 2.98. The maximum atomic E-state index is 12.7. The Hall–Kier alpha value is -2.32. The van der Waals surface area contributed by atoms with Gasteiger partial charge in [-0.3, -0.25) is 13.9 Å². The first-order chi connectivity index (χ1) is 12.3. The van der Waals surface area contributed by atoms with Gasteiger partial charge in [0.15, 0.2) is 10.9 Å². The van der Waals surface area contributed by atoms with Crippen LogP contribution < -0.4 is 9.04 Å². The van der Waals surface area contributed by atoms with Gasteiger partial charge in [0.05, 0.1) is 23.4 Å². The van der Waals surface area contributed by atoms with E-state index in [1.807, 2.05) is 0 Å². The number of ketones is 1. The molecule has 0 bridgehead atoms. The van der Waals surface area contributed by atoms with Crippen LogP contribution in [-0.4, -0.2) is 39.2 Å². The second-order valence-electron chi connectivity index (χ2n) is 5.40. The predicted molar refractivity (Wildman–Crippen MR) is 102 cm³/mol. The number of rotatable bonds is 7. The third-order valence-corrected chi connectivity index (χ3v) is 6.29. The standard InChI is InChI=1S/C18H19NO5S2/c1-13(20)25-12-18(21)14-4-6-15(7-5-14)19(2)26(22,23)17-10-8-16(24-3)9-11-17/h4-11H,12H2,1-3H3. The number of sulfonamides is 1. The van der Waals surface area contributed by atoms with Crippen LogP contribution in [0.5, 0.6) is 5.75 Å². The van der Waals surface area contributed by atoms with Crippen molar-refractivity contribution in [2.75, 3.05) is 24.2 Å². The molecule has 2 rings (SSSR count). The van der Waals surface area contributed by atoms with E-state index in [1.54, 1.807) is 36.4 Å². The molecule has 0 atom stereocenters. The summed E-state index contributed by atoms with van der Waals surface area (Å²) < 4.78 is 31.6. The number of ether oxygens (including phenoxy) is 1. The van der Waals surface area contributed by atoms with Gasteiger partial charge in [0.25, 0.3) is 10.0 Å². The molecular formula is C18H19NO5S2. The molecule has 0 heterocycles. The number of nitrogens with zero attached hydrogens (tertiary/aromatic N) is 1. The Bertz CT molecular complexity index is 890. The van der Waals surface area contributed by atoms with E-state index in [0.29, 0.717) is 17.0 Å². The number of benzene rings is 2. The molecule has 8 heteroatoms. The summed E-state index contributed by atoms with van der Waals surface area (Å²) in [6, 6.07) is 12.3. The van der Waals surface area contributed by atoms with Crippen LogP contribution >= 0.6 is 11.8 Å². The summed E-state index contributed by atoms with van der Waals surface area (Å²) in [4.78, 5) is 23.1. The lowest BCUT2D eigenvalue weighted by molar-refractivity contribution is -0.109. The highest BCUT2D eigenvalue weighted by Gasteiger charge is 2.21. The normalized spacial score (nSPS) is 11.0. The fraction of sp³-hybridized carbons (Fsp3) is 0.222. The van der Waals surface area contributed by atoms with Crippen LogP contribution in [0.4, 0.5) is 5.69 Å². The van der Waals surface area contributed by atoms with Gasteiger partial charge in [0.2, 0.25) is 0 Å². The van der Waals surface area contributed by atoms with Crippen molar-refractivity contribution in [1.29, 1.82) is 0 Å². The van der Waals surface area contributed by atoms with Crippen LogP contribution in [0.15, 0.2) is 53.4 Å². The summed E-state index contributed by atoms with van der Waals surface area (Å²) in [6.45, 7) is 1.40. The molecule has 6 nitrogen and oxygen atoms in total. The molecule has 0 aromatic heterocycles. The van der Waals surface area contributed by atoms with Crippen molar-refractivity contribution < 1.29 is 22.7 Å². The smallest absolute Gasteiger partial charge is 0.264 e. The van der Waals surface area contributed by atoms with Crippen molar-refractivity contribution in [3.63, 3.8) is 0 Å². The van der Waals surface area contributed by atoms with E-state index < -0.39 is 10.0 Å². The maximum Gasteiger partial charge on any atom is 0.264 e. The van der Waals surface area contributed by atoms with Gasteiger partial charge in [0.1, 0.15) is 5.75 Å². The Morgan fingerprint density at radius 2 is 1.62 bits per heavy atom. The lowest BCUT2D eigenvalue weighted by atomic mass is 10.1. The molecule has 2 aromatic carbocycles. The van der Waals surface area contributed by atoms with Crippen LogP contribution in [0.2, 0.25) is 0 Å². The number of anilines is 1. The van der Waals surface area contributed by atoms with Crippen molar-refractivity contribution in [3.8, 4) is 5.75 Å². The minimum absolute atomic E-state index is 0.0642. The summed E-state index contributed by atoms with van der Waals surface area (Å²) >= 11 is 0.944. The fourth-order valence-electron chi connectivity index (χ4n) is 2.15. The van der Waals surface area contributed by atoms with Crippen molar-refractivity contribution >= 4 is 38.4 Å². The van der Waals surface area contributed by atoms with Crippen LogP contribution in [0.1, 0.15) is 17.3 Å². The van der Waals surface area contributed by atoms with E-state index in [9.17, 15) is 18.0 Å². The summed E-state index contributed by atoms with van der Waals surface area (Å²) in [5, 5.41) is -0.125. The molecule has 0 saturated heterocycles. The quantitative estimate of drug-likeness (QED) is 0.673. The van der Waals surface area contributed by atoms with Gasteiger partial charge in [-0.15, -0.1) is 0 Å². The number of hydrogen-bond donors (Lipinski definition) is 0. The summed E-state index contributed by atoms with van der Waals surface area (Å²) in [5.74, 6) is 0.449. The number of Topliss-reactive ketones (excluding diaryl/α,β-unsaturated/α-hetero) is 1. The van der Waals surface area contributed by atoms with E-state index >= 15 is 0 Å². The fourth-order valence-corrected chi connectivity index (χ4v) is 3.85. The van der Waals surface area contributed by atoms with Crippen molar-refractivity contribution in [3.05, 3.63) is 54.1 Å². The van der Waals surface area contributed by atoms with Gasteiger partial charge < -0.3 is 4.74 Å². The first-order valence-electron chi connectivity index (χ1n) is 7.65. The molecule has 0 radical (unpaired) electrons. The lowest BCUT2D eigenvalue weighted by Gasteiger charge is -2.20. The molecule has 26 heavy (non-hydrogen) atoms. The minimum atomic E-state index is -3.73. The Morgan fingerprint density at radius 3 is 2.12 bits per heavy atom. The van der Waals surface area contributed by atoms with Crippen molar-refractivity contribution in [2.45, 2.75) is 11.8 Å². The third-order valence-electron chi connectivity index (χ3n) is 3.68. The highest BCUT2D eigenvalue weighted by Crippen LogP contribution is 2.24. The second-order valence-corrected chi connectivity index (χ2v) is 8.52. The molecule has 0 amide bonds. The molecule has 0 aliphatic heterocycles. The van der Waals surface area contributed by atoms with Crippen molar-refractivity contribution in [1.82, 2.24) is 0 Å². The number of hydrogen-bond acceptors (Lipinski definition) is 6. The monoisotopic (exact) mass is 393 g/mol. The lowest BCUT2D eigenvalue weighted by Crippen LogP contribution is -2.26. The largest absolute Gasteiger partial charge is 0.497 e. The zero-order valence-electron chi connectivity index (χ0n) is 14.6. The van der Waals surface area contributed by atoms with Gasteiger partial charge in [-0.1, -0.05) is 11.8 Å². The van der Waals surface area contributed by atoms with Gasteiger partial charge in [-0.2, -0.15) is 0 Å². The Labute approximate surface area is 157 Å². The molecule has 138 valence electrons. The average molecular weight is 393 g/mol. The summed E-state index contributed by atoms with van der Waals surface area (Å²) in [5.41, 5.74) is 0.856. The van der Waals surface area contributed by atoms with Gasteiger partial charge in [0, 0.05) is 19.5 Å². The number of methoxy groups -OCH3 is 1. The highest BCUT2D eigenvalue weighted by molar-refractivity contribution is 8.14. The topological polar surface area (TPSA) is 80.8 Å². The molecule has 0 unspecified atom stereocenters. The van der Waals surface area contributed by atoms with Crippen LogP contribution in [0.25, 0.3) is 0 Å². The van der Waals surface area contributed by atoms with Gasteiger partial charge in [-0.05, 0) is 48.5 Å². The molecule has 0 saturated carbocycles. The Kier molecular flexibility index (Phi) is 6.44. The molecule has 0 spiro atoms. The third kappa shape index (κ3) is 4.64. The van der Waals surface area contributed by atoms with Gasteiger partial charge in [-0.25, -0.2) is 8.42 Å². The van der Waals surface area contributed by atoms with Gasteiger partial charge >= 0.3 is 0 Å². The van der Waals surface area contributed by atoms with E-state index in [0.717, 1.165) is 16.1 Å². The van der Waals surface area contributed by atoms with E-state index in [1.165, 1.54) is 33.2 Å². The number of thioether (sulfide) groups is 1. The Morgan fingerprint density at radius 1 is 1.04 bits per heavy atom. The van der Waals surface area contributed by atoms with E-state index in [-0.39, 0.29) is 21.5 Å². The van der Waals surface area contributed by atoms with E-state index in [4.69, 9.17) is 4.74 Å². The molecule has 0 N–H and O–H groups in total. The molecule has 0 aliphatic rings. The maximum absolute atomic E-state index is 12.7. The minimum Gasteiger partial charge on any atom is -0.497 e. The van der Waals surface area contributed by atoms with Crippen LogP contribution in [0, 0.1) is 0 Å².